The second kappa shape index (κ2) is 7.48. The summed E-state index contributed by atoms with van der Waals surface area (Å²) in [5, 5.41) is 2.64. The van der Waals surface area contributed by atoms with E-state index in [-0.39, 0.29) is 34.2 Å². The van der Waals surface area contributed by atoms with E-state index in [1.54, 1.807) is 24.3 Å². The van der Waals surface area contributed by atoms with Crippen molar-refractivity contribution in [2.75, 3.05) is 5.32 Å². The zero-order valence-corrected chi connectivity index (χ0v) is 15.6. The van der Waals surface area contributed by atoms with E-state index in [0.29, 0.717) is 0 Å². The fraction of sp³-hybridized carbons (Fsp3) is 0.250. The van der Waals surface area contributed by atoms with Crippen LogP contribution in [0.5, 0.6) is 0 Å². The minimum absolute atomic E-state index is 0.0361. The molecule has 1 heterocycles. The van der Waals surface area contributed by atoms with Crippen molar-refractivity contribution in [3.05, 3.63) is 64.4 Å². The Balaban J connectivity index is 1.91. The molecule has 5 nitrogen and oxygen atoms in total. The lowest BCUT2D eigenvalue weighted by Crippen LogP contribution is -2.48. The van der Waals surface area contributed by atoms with Crippen molar-refractivity contribution in [2.45, 2.75) is 26.3 Å². The summed E-state index contributed by atoms with van der Waals surface area (Å²) >= 11 is 5.97. The Hall–Kier alpha value is -2.73. The molecule has 0 saturated heterocycles. The number of nitrogens with one attached hydrogen (secondary N) is 1. The first-order valence-corrected chi connectivity index (χ1v) is 8.90. The molecule has 2 aromatic carbocycles. The Morgan fingerprint density at radius 2 is 1.70 bits per heavy atom. The summed E-state index contributed by atoms with van der Waals surface area (Å²) in [5.74, 6) is -2.03. The van der Waals surface area contributed by atoms with Crippen molar-refractivity contribution < 1.29 is 18.8 Å². The molecule has 0 aromatic heterocycles. The standard InChI is InChI=1S/C20H18ClFN2O3/c1-11(2)9-17(18(25)23-16-8-7-12(22)10-15(16)21)24-19(26)13-5-3-4-6-14(13)20(24)27/h3-8,10-11,17H,9H2,1-2H3,(H,23,25). The third-order valence-electron chi connectivity index (χ3n) is 4.32. The predicted molar refractivity (Wildman–Crippen MR) is 100 cm³/mol. The maximum atomic E-state index is 13.2. The van der Waals surface area contributed by atoms with Gasteiger partial charge in [-0.15, -0.1) is 0 Å². The third kappa shape index (κ3) is 3.71. The Labute approximate surface area is 161 Å². The van der Waals surface area contributed by atoms with Gasteiger partial charge in [0.15, 0.2) is 0 Å². The molecule has 7 heteroatoms. The maximum Gasteiger partial charge on any atom is 0.262 e. The van der Waals surface area contributed by atoms with E-state index in [4.69, 9.17) is 11.6 Å². The number of amides is 3. The number of fused-ring (bicyclic) bond motifs is 1. The van der Waals surface area contributed by atoms with Gasteiger partial charge in [-0.1, -0.05) is 37.6 Å². The van der Waals surface area contributed by atoms with Crippen LogP contribution in [0.15, 0.2) is 42.5 Å². The molecule has 1 N–H and O–H groups in total. The van der Waals surface area contributed by atoms with Gasteiger partial charge in [-0.3, -0.25) is 19.3 Å². The van der Waals surface area contributed by atoms with Crippen LogP contribution in [0.1, 0.15) is 41.0 Å². The van der Waals surface area contributed by atoms with Gasteiger partial charge >= 0.3 is 0 Å². The van der Waals surface area contributed by atoms with Crippen molar-refractivity contribution in [3.8, 4) is 0 Å². The Morgan fingerprint density at radius 1 is 1.11 bits per heavy atom. The normalized spacial score (nSPS) is 14.5. The Morgan fingerprint density at radius 3 is 2.22 bits per heavy atom. The fourth-order valence-electron chi connectivity index (χ4n) is 3.07. The number of carbonyl (C=O) groups excluding carboxylic acids is 3. The van der Waals surface area contributed by atoms with Crippen LogP contribution >= 0.6 is 11.6 Å². The van der Waals surface area contributed by atoms with Gasteiger partial charge in [0.05, 0.1) is 21.8 Å². The zero-order chi connectivity index (χ0) is 19.7. The molecule has 1 aliphatic heterocycles. The number of halogens is 2. The average Bonchev–Trinajstić information content (AvgIpc) is 2.86. The third-order valence-corrected chi connectivity index (χ3v) is 4.64. The lowest BCUT2D eigenvalue weighted by atomic mass is 10.0. The maximum absolute atomic E-state index is 13.2. The number of benzene rings is 2. The highest BCUT2D eigenvalue weighted by atomic mass is 35.5. The summed E-state index contributed by atoms with van der Waals surface area (Å²) in [6.45, 7) is 3.78. The van der Waals surface area contributed by atoms with Crippen molar-refractivity contribution in [1.29, 1.82) is 0 Å². The van der Waals surface area contributed by atoms with Gasteiger partial charge in [0, 0.05) is 0 Å². The van der Waals surface area contributed by atoms with Crippen molar-refractivity contribution in [3.63, 3.8) is 0 Å². The average molecular weight is 389 g/mol. The largest absolute Gasteiger partial charge is 0.323 e. The van der Waals surface area contributed by atoms with Crippen LogP contribution in [0, 0.1) is 11.7 Å². The minimum atomic E-state index is -1.00. The molecule has 1 aliphatic rings. The summed E-state index contributed by atoms with van der Waals surface area (Å²) in [6, 6.07) is 9.06. The van der Waals surface area contributed by atoms with Gasteiger partial charge in [-0.05, 0) is 42.7 Å². The van der Waals surface area contributed by atoms with E-state index in [0.717, 1.165) is 11.0 Å². The number of rotatable bonds is 5. The van der Waals surface area contributed by atoms with Crippen molar-refractivity contribution in [2.24, 2.45) is 5.92 Å². The SMILES string of the molecule is CC(C)CC(C(=O)Nc1ccc(F)cc1Cl)N1C(=O)c2ccccc2C1=O. The zero-order valence-electron chi connectivity index (χ0n) is 14.8. The van der Waals surface area contributed by atoms with Crippen LogP contribution in [0.3, 0.4) is 0 Å². The topological polar surface area (TPSA) is 66.5 Å². The lowest BCUT2D eigenvalue weighted by molar-refractivity contribution is -0.120. The molecule has 1 atom stereocenters. The molecular weight excluding hydrogens is 371 g/mol. The molecule has 0 spiro atoms. The predicted octanol–water partition coefficient (Wildman–Crippen LogP) is 4.13. The summed E-state index contributed by atoms with van der Waals surface area (Å²) < 4.78 is 13.2. The first kappa shape index (κ1) is 19.0. The second-order valence-electron chi connectivity index (χ2n) is 6.78. The molecular formula is C20H18ClFN2O3. The van der Waals surface area contributed by atoms with Crippen LogP contribution in [-0.4, -0.2) is 28.7 Å². The summed E-state index contributed by atoms with van der Waals surface area (Å²) in [5.41, 5.74) is 0.779. The van der Waals surface area contributed by atoms with Crippen LogP contribution in [0.4, 0.5) is 10.1 Å². The van der Waals surface area contributed by atoms with Gasteiger partial charge in [-0.2, -0.15) is 0 Å². The van der Waals surface area contributed by atoms with E-state index in [2.05, 4.69) is 5.32 Å². The number of imide groups is 1. The number of hydrogen-bond acceptors (Lipinski definition) is 3. The Kier molecular flexibility index (Phi) is 5.28. The fourth-order valence-corrected chi connectivity index (χ4v) is 3.29. The molecule has 140 valence electrons. The molecule has 0 saturated carbocycles. The molecule has 0 bridgehead atoms. The highest BCUT2D eigenvalue weighted by Crippen LogP contribution is 2.29. The molecule has 0 aliphatic carbocycles. The van der Waals surface area contributed by atoms with Crippen LogP contribution in [0.25, 0.3) is 0 Å². The van der Waals surface area contributed by atoms with Gasteiger partial charge in [0.2, 0.25) is 5.91 Å². The number of hydrogen-bond donors (Lipinski definition) is 1. The van der Waals surface area contributed by atoms with Crippen LogP contribution in [0.2, 0.25) is 5.02 Å². The number of nitrogens with zero attached hydrogens (tertiary/aromatic N) is 1. The molecule has 0 fully saturated rings. The summed E-state index contributed by atoms with van der Waals surface area (Å²) in [4.78, 5) is 39.4. The van der Waals surface area contributed by atoms with Crippen LogP contribution in [-0.2, 0) is 4.79 Å². The Bertz CT molecular complexity index is 894. The van der Waals surface area contributed by atoms with E-state index >= 15 is 0 Å². The van der Waals surface area contributed by atoms with Gasteiger partial charge < -0.3 is 5.32 Å². The summed E-state index contributed by atoms with van der Waals surface area (Å²) in [6.07, 6.45) is 0.288. The van der Waals surface area contributed by atoms with Crippen molar-refractivity contribution in [1.82, 2.24) is 4.90 Å². The van der Waals surface area contributed by atoms with Gasteiger partial charge in [0.1, 0.15) is 11.9 Å². The minimum Gasteiger partial charge on any atom is -0.323 e. The number of carbonyl (C=O) groups is 3. The summed E-state index contributed by atoms with van der Waals surface area (Å²) in [7, 11) is 0. The highest BCUT2D eigenvalue weighted by molar-refractivity contribution is 6.33. The molecule has 1 unspecified atom stereocenters. The highest BCUT2D eigenvalue weighted by Gasteiger charge is 2.42. The van der Waals surface area contributed by atoms with Crippen LogP contribution < -0.4 is 5.32 Å². The first-order valence-electron chi connectivity index (χ1n) is 8.52. The van der Waals surface area contributed by atoms with E-state index in [1.807, 2.05) is 13.8 Å². The van der Waals surface area contributed by atoms with Gasteiger partial charge in [0.25, 0.3) is 11.8 Å². The van der Waals surface area contributed by atoms with Crippen molar-refractivity contribution >= 4 is 35.0 Å². The smallest absolute Gasteiger partial charge is 0.262 e. The van der Waals surface area contributed by atoms with E-state index < -0.39 is 29.6 Å². The second-order valence-corrected chi connectivity index (χ2v) is 7.19. The molecule has 3 rings (SSSR count). The number of anilines is 1. The first-order chi connectivity index (χ1) is 12.8. The molecule has 3 amide bonds. The molecule has 27 heavy (non-hydrogen) atoms. The lowest BCUT2D eigenvalue weighted by Gasteiger charge is -2.27. The molecule has 0 radical (unpaired) electrons. The monoisotopic (exact) mass is 388 g/mol. The van der Waals surface area contributed by atoms with Gasteiger partial charge in [-0.25, -0.2) is 4.39 Å². The van der Waals surface area contributed by atoms with E-state index in [1.165, 1.54) is 12.1 Å². The molecule has 2 aromatic rings. The quantitative estimate of drug-likeness (QED) is 0.783. The van der Waals surface area contributed by atoms with E-state index in [9.17, 15) is 18.8 Å².